The third kappa shape index (κ3) is 10.1. The predicted molar refractivity (Wildman–Crippen MR) is 111 cm³/mol. The zero-order valence-corrected chi connectivity index (χ0v) is 20.0. The molecule has 1 amide bonds. The number of ether oxygens (including phenoxy) is 6. The lowest BCUT2D eigenvalue weighted by molar-refractivity contribution is -0.201. The molecule has 1 N–H and O–H groups in total. The Hall–Kier alpha value is -3.22. The van der Waals surface area contributed by atoms with Crippen LogP contribution in [0.3, 0.4) is 0 Å². The average Bonchev–Trinajstić information content (AvgIpc) is 2.81. The Morgan fingerprint density at radius 1 is 0.824 bits per heavy atom. The molecular formula is C21H31NO12. The Labute approximate surface area is 196 Å². The molecule has 0 spiro atoms. The first-order chi connectivity index (χ1) is 15.8. The van der Waals surface area contributed by atoms with E-state index in [2.05, 4.69) is 5.32 Å². The Bertz CT molecular complexity index is 782. The van der Waals surface area contributed by atoms with Crippen molar-refractivity contribution in [1.82, 2.24) is 5.32 Å². The number of hydrogen-bond donors (Lipinski definition) is 1. The van der Waals surface area contributed by atoms with Gasteiger partial charge in [0, 0.05) is 48.0 Å². The van der Waals surface area contributed by atoms with E-state index >= 15 is 0 Å². The van der Waals surface area contributed by atoms with Crippen LogP contribution in [0.4, 0.5) is 0 Å². The molecule has 1 rings (SSSR count). The van der Waals surface area contributed by atoms with Gasteiger partial charge in [0.2, 0.25) is 5.91 Å². The van der Waals surface area contributed by atoms with Crippen molar-refractivity contribution in [3.63, 3.8) is 0 Å². The summed E-state index contributed by atoms with van der Waals surface area (Å²) >= 11 is 0. The maximum atomic E-state index is 11.9. The third-order valence-electron chi connectivity index (χ3n) is 4.50. The van der Waals surface area contributed by atoms with Gasteiger partial charge in [-0.25, -0.2) is 0 Å². The Balaban J connectivity index is 3.52. The fraction of sp³-hybridized carbons (Fsp3) is 0.714. The van der Waals surface area contributed by atoms with Crippen molar-refractivity contribution in [2.45, 2.75) is 84.5 Å². The van der Waals surface area contributed by atoms with Crippen LogP contribution in [-0.2, 0) is 57.2 Å². The molecule has 0 saturated carbocycles. The molecule has 1 fully saturated rings. The number of rotatable bonds is 9. The lowest BCUT2D eigenvalue weighted by Crippen LogP contribution is -2.57. The highest BCUT2D eigenvalue weighted by atomic mass is 16.6. The highest BCUT2D eigenvalue weighted by Gasteiger charge is 2.48. The van der Waals surface area contributed by atoms with Crippen molar-refractivity contribution in [3.05, 3.63) is 0 Å². The van der Waals surface area contributed by atoms with Gasteiger partial charge in [0.05, 0.1) is 12.6 Å². The van der Waals surface area contributed by atoms with E-state index in [-0.39, 0.29) is 13.0 Å². The maximum absolute atomic E-state index is 11.9. The minimum absolute atomic E-state index is 0.00256. The fourth-order valence-electron chi connectivity index (χ4n) is 3.52. The number of nitrogens with one attached hydrogen (secondary N) is 1. The van der Waals surface area contributed by atoms with Gasteiger partial charge < -0.3 is 33.7 Å². The first kappa shape index (κ1) is 28.8. The summed E-state index contributed by atoms with van der Waals surface area (Å²) in [5, 5.41) is 2.63. The molecule has 1 heterocycles. The van der Waals surface area contributed by atoms with E-state index in [1.54, 1.807) is 0 Å². The second kappa shape index (κ2) is 13.5. The monoisotopic (exact) mass is 489 g/mol. The van der Waals surface area contributed by atoms with Crippen molar-refractivity contribution in [2.75, 3.05) is 13.2 Å². The zero-order chi connectivity index (χ0) is 26.0. The minimum Gasteiger partial charge on any atom is -0.462 e. The van der Waals surface area contributed by atoms with Crippen LogP contribution in [0.25, 0.3) is 0 Å². The zero-order valence-electron chi connectivity index (χ0n) is 20.0. The molecule has 0 unspecified atom stereocenters. The van der Waals surface area contributed by atoms with Crippen LogP contribution in [0, 0.1) is 0 Å². The molecule has 0 aliphatic carbocycles. The van der Waals surface area contributed by atoms with E-state index in [1.807, 2.05) is 0 Å². The van der Waals surface area contributed by atoms with Gasteiger partial charge in [-0.2, -0.15) is 0 Å². The largest absolute Gasteiger partial charge is 0.462 e. The first-order valence-electron chi connectivity index (χ1n) is 10.5. The summed E-state index contributed by atoms with van der Waals surface area (Å²) in [6, 6.07) is -0.942. The topological polar surface area (TPSA) is 170 Å². The number of esters is 5. The standard InChI is InChI=1S/C21H31NO12/c1-10(23)22-17-7-16(31-12(3)25)8-30-21(19(17)33-14(5)27)20(34-15(6)28)18(32-13(4)26)9-29-11(2)24/h16-21H,7-9H2,1-6H3,(H,22,23)/t16-,17+,18+,19-,20-,21+/m0/s1. The SMILES string of the molecule is CC(=O)N[C@@H]1C[C@H](OC(C)=O)CO[C@@H]([C@@H](OC(C)=O)[C@@H](COC(C)=O)OC(C)=O)[C@H]1OC(C)=O. The second-order valence-corrected chi connectivity index (χ2v) is 7.67. The van der Waals surface area contributed by atoms with Gasteiger partial charge in [-0.3, -0.25) is 28.8 Å². The molecule has 0 aromatic heterocycles. The Morgan fingerprint density at radius 2 is 1.41 bits per heavy atom. The lowest BCUT2D eigenvalue weighted by atomic mass is 9.94. The smallest absolute Gasteiger partial charge is 0.303 e. The maximum Gasteiger partial charge on any atom is 0.303 e. The summed E-state index contributed by atoms with van der Waals surface area (Å²) < 4.78 is 32.1. The number of amides is 1. The van der Waals surface area contributed by atoms with Gasteiger partial charge in [-0.05, 0) is 0 Å². The highest BCUT2D eigenvalue weighted by Crippen LogP contribution is 2.27. The first-order valence-corrected chi connectivity index (χ1v) is 10.5. The minimum atomic E-state index is -1.43. The predicted octanol–water partition coefficient (Wildman–Crippen LogP) is -0.430. The van der Waals surface area contributed by atoms with Crippen molar-refractivity contribution in [2.24, 2.45) is 0 Å². The third-order valence-corrected chi connectivity index (χ3v) is 4.50. The lowest BCUT2D eigenvalue weighted by Gasteiger charge is -2.37. The van der Waals surface area contributed by atoms with Gasteiger partial charge in [0.15, 0.2) is 18.3 Å². The van der Waals surface area contributed by atoms with Gasteiger partial charge in [0.25, 0.3) is 0 Å². The summed E-state index contributed by atoms with van der Waals surface area (Å²) in [7, 11) is 0. The van der Waals surface area contributed by atoms with E-state index in [9.17, 15) is 28.8 Å². The van der Waals surface area contributed by atoms with Gasteiger partial charge >= 0.3 is 29.8 Å². The molecule has 6 atom stereocenters. The molecule has 1 aliphatic heterocycles. The molecule has 1 aliphatic rings. The summed E-state index contributed by atoms with van der Waals surface area (Å²) in [6.07, 6.45) is -6.21. The molecule has 0 aromatic rings. The highest BCUT2D eigenvalue weighted by molar-refractivity contribution is 5.73. The Kier molecular flexibility index (Phi) is 11.4. The molecule has 0 aromatic carbocycles. The molecule has 13 heteroatoms. The summed E-state index contributed by atoms with van der Waals surface area (Å²) in [4.78, 5) is 70.4. The average molecular weight is 489 g/mol. The molecule has 192 valence electrons. The normalized spacial score (nSPS) is 23.8. The number of carbonyl (C=O) groups is 6. The van der Waals surface area contributed by atoms with Crippen molar-refractivity contribution >= 4 is 35.8 Å². The molecule has 0 bridgehead atoms. The molecule has 13 nitrogen and oxygen atoms in total. The summed E-state index contributed by atoms with van der Waals surface area (Å²) in [5.41, 5.74) is 0. The quantitative estimate of drug-likeness (QED) is 0.328. The van der Waals surface area contributed by atoms with Crippen molar-refractivity contribution in [3.8, 4) is 0 Å². The van der Waals surface area contributed by atoms with Crippen LogP contribution >= 0.6 is 0 Å². The van der Waals surface area contributed by atoms with E-state index in [0.29, 0.717) is 0 Å². The van der Waals surface area contributed by atoms with Gasteiger partial charge in [-0.1, -0.05) is 0 Å². The molecular weight excluding hydrogens is 458 g/mol. The van der Waals surface area contributed by atoms with Gasteiger partial charge in [-0.15, -0.1) is 0 Å². The van der Waals surface area contributed by atoms with Crippen LogP contribution in [0.1, 0.15) is 48.0 Å². The molecule has 1 saturated heterocycles. The van der Waals surface area contributed by atoms with Crippen LogP contribution in [0.15, 0.2) is 0 Å². The van der Waals surface area contributed by atoms with Crippen LogP contribution in [-0.4, -0.2) is 85.5 Å². The van der Waals surface area contributed by atoms with E-state index in [1.165, 1.54) is 13.8 Å². The van der Waals surface area contributed by atoms with E-state index in [0.717, 1.165) is 27.7 Å². The van der Waals surface area contributed by atoms with Crippen molar-refractivity contribution < 1.29 is 57.2 Å². The van der Waals surface area contributed by atoms with Crippen molar-refractivity contribution in [1.29, 1.82) is 0 Å². The number of carbonyl (C=O) groups excluding carboxylic acids is 6. The van der Waals surface area contributed by atoms with E-state index in [4.69, 9.17) is 28.4 Å². The van der Waals surface area contributed by atoms with E-state index < -0.39 is 78.9 Å². The van der Waals surface area contributed by atoms with Crippen LogP contribution in [0.5, 0.6) is 0 Å². The summed E-state index contributed by atoms with van der Waals surface area (Å²) in [5.74, 6) is -4.10. The van der Waals surface area contributed by atoms with Crippen LogP contribution < -0.4 is 5.32 Å². The molecule has 34 heavy (non-hydrogen) atoms. The summed E-state index contributed by atoms with van der Waals surface area (Å²) in [6.45, 7) is 6.14. The fourth-order valence-corrected chi connectivity index (χ4v) is 3.52. The number of hydrogen-bond acceptors (Lipinski definition) is 12. The van der Waals surface area contributed by atoms with Crippen LogP contribution in [0.2, 0.25) is 0 Å². The molecule has 0 radical (unpaired) electrons. The Morgan fingerprint density at radius 3 is 1.88 bits per heavy atom. The van der Waals surface area contributed by atoms with Gasteiger partial charge in [0.1, 0.15) is 18.8 Å². The second-order valence-electron chi connectivity index (χ2n) is 7.67.